The molecule has 0 radical (unpaired) electrons. The lowest BCUT2D eigenvalue weighted by molar-refractivity contribution is 1.26. The lowest BCUT2D eigenvalue weighted by Crippen LogP contribution is -2.04. The Morgan fingerprint density at radius 3 is 0.917 bits per heavy atom. The summed E-state index contributed by atoms with van der Waals surface area (Å²) in [6, 6.07) is 0. The van der Waals surface area contributed by atoms with E-state index in [0.717, 1.165) is 33.6 Å². The van der Waals surface area contributed by atoms with E-state index in [-0.39, 0.29) is 0 Å². The summed E-state index contributed by atoms with van der Waals surface area (Å²) < 4.78 is 0. The predicted molar refractivity (Wildman–Crippen MR) is 54.2 cm³/mol. The Kier molecular flexibility index (Phi) is 2.01. The molecule has 2 nitrogen and oxygen atoms in total. The van der Waals surface area contributed by atoms with E-state index in [2.05, 4.69) is 0 Å². The van der Waals surface area contributed by atoms with E-state index in [0.29, 0.717) is 0 Å². The third-order valence-corrected chi connectivity index (χ3v) is 2.74. The van der Waals surface area contributed by atoms with Gasteiger partial charge in [0.15, 0.2) is 0 Å². The van der Waals surface area contributed by atoms with Gasteiger partial charge in [-0.05, 0) is 49.9 Å². The van der Waals surface area contributed by atoms with Crippen LogP contribution >= 0.6 is 0 Å². The van der Waals surface area contributed by atoms with Crippen LogP contribution in [0.1, 0.15) is 22.3 Å². The minimum atomic E-state index is 0.874. The van der Waals surface area contributed by atoms with Gasteiger partial charge in [0.1, 0.15) is 0 Å². The van der Waals surface area contributed by atoms with E-state index in [9.17, 15) is 0 Å². The minimum Gasteiger partial charge on any atom is -0.398 e. The average molecular weight is 164 g/mol. The van der Waals surface area contributed by atoms with E-state index < -0.39 is 0 Å². The van der Waals surface area contributed by atoms with Crippen LogP contribution in [0.5, 0.6) is 0 Å². The van der Waals surface area contributed by atoms with Crippen LogP contribution in [0.4, 0.5) is 11.4 Å². The summed E-state index contributed by atoms with van der Waals surface area (Å²) in [7, 11) is 0. The molecule has 0 atom stereocenters. The van der Waals surface area contributed by atoms with Gasteiger partial charge in [-0.25, -0.2) is 0 Å². The second kappa shape index (κ2) is 2.70. The van der Waals surface area contributed by atoms with Crippen molar-refractivity contribution in [1.82, 2.24) is 0 Å². The summed E-state index contributed by atoms with van der Waals surface area (Å²) in [6.45, 7) is 8.03. The van der Waals surface area contributed by atoms with E-state index in [1.165, 1.54) is 0 Å². The van der Waals surface area contributed by atoms with E-state index in [1.54, 1.807) is 0 Å². The molecule has 0 heterocycles. The van der Waals surface area contributed by atoms with Gasteiger partial charge in [0.05, 0.1) is 0 Å². The maximum Gasteiger partial charge on any atom is 0.0380 e. The van der Waals surface area contributed by atoms with Crippen molar-refractivity contribution >= 4 is 11.4 Å². The molecule has 0 aliphatic rings. The van der Waals surface area contributed by atoms with Crippen LogP contribution in [0.2, 0.25) is 0 Å². The van der Waals surface area contributed by atoms with Gasteiger partial charge in [0.2, 0.25) is 0 Å². The smallest absolute Gasteiger partial charge is 0.0380 e. The van der Waals surface area contributed by atoms with Gasteiger partial charge >= 0.3 is 0 Å². The van der Waals surface area contributed by atoms with Crippen molar-refractivity contribution in [2.45, 2.75) is 27.7 Å². The molecule has 1 rings (SSSR count). The van der Waals surface area contributed by atoms with Gasteiger partial charge in [-0.1, -0.05) is 0 Å². The van der Waals surface area contributed by atoms with Crippen molar-refractivity contribution in [2.75, 3.05) is 11.5 Å². The third kappa shape index (κ3) is 1.04. The number of nitrogen functional groups attached to an aromatic ring is 2. The van der Waals surface area contributed by atoms with Crippen molar-refractivity contribution in [3.8, 4) is 0 Å². The molecule has 2 heteroatoms. The van der Waals surface area contributed by atoms with Gasteiger partial charge in [-0.3, -0.25) is 0 Å². The van der Waals surface area contributed by atoms with Crippen LogP contribution in [0.15, 0.2) is 0 Å². The number of hydrogen-bond acceptors (Lipinski definition) is 2. The zero-order chi connectivity index (χ0) is 9.46. The van der Waals surface area contributed by atoms with E-state index in [4.69, 9.17) is 11.5 Å². The highest BCUT2D eigenvalue weighted by Gasteiger charge is 2.09. The highest BCUT2D eigenvalue weighted by atomic mass is 14.6. The van der Waals surface area contributed by atoms with Gasteiger partial charge in [0, 0.05) is 11.4 Å². The van der Waals surface area contributed by atoms with Crippen LogP contribution in [-0.4, -0.2) is 0 Å². The molecule has 0 aromatic heterocycles. The molecular weight excluding hydrogens is 148 g/mol. The fraction of sp³-hybridized carbons (Fsp3) is 0.400. The molecule has 0 unspecified atom stereocenters. The predicted octanol–water partition coefficient (Wildman–Crippen LogP) is 2.08. The first-order chi connectivity index (χ1) is 5.46. The second-order valence-electron chi connectivity index (χ2n) is 3.33. The lowest BCUT2D eigenvalue weighted by Gasteiger charge is -2.14. The summed E-state index contributed by atoms with van der Waals surface area (Å²) in [5.74, 6) is 0. The molecule has 0 bridgehead atoms. The molecule has 0 saturated carbocycles. The molecule has 0 fully saturated rings. The van der Waals surface area contributed by atoms with Crippen LogP contribution in [-0.2, 0) is 0 Å². The summed E-state index contributed by atoms with van der Waals surface area (Å²) in [5, 5.41) is 0. The summed E-state index contributed by atoms with van der Waals surface area (Å²) >= 11 is 0. The van der Waals surface area contributed by atoms with Gasteiger partial charge in [-0.15, -0.1) is 0 Å². The van der Waals surface area contributed by atoms with Crippen LogP contribution in [0.3, 0.4) is 0 Å². The van der Waals surface area contributed by atoms with Crippen molar-refractivity contribution < 1.29 is 0 Å². The number of rotatable bonds is 0. The molecule has 0 aliphatic carbocycles. The molecule has 66 valence electrons. The molecule has 0 saturated heterocycles. The summed E-state index contributed by atoms with van der Waals surface area (Å²) in [6.07, 6.45) is 0. The zero-order valence-electron chi connectivity index (χ0n) is 8.15. The number of benzene rings is 1. The normalized spacial score (nSPS) is 10.3. The van der Waals surface area contributed by atoms with Gasteiger partial charge in [-0.2, -0.15) is 0 Å². The quantitative estimate of drug-likeness (QED) is 0.577. The first-order valence-corrected chi connectivity index (χ1v) is 4.08. The van der Waals surface area contributed by atoms with Crippen LogP contribution in [0, 0.1) is 27.7 Å². The second-order valence-corrected chi connectivity index (χ2v) is 3.33. The fourth-order valence-electron chi connectivity index (χ4n) is 1.37. The van der Waals surface area contributed by atoms with Crippen LogP contribution < -0.4 is 11.5 Å². The zero-order valence-corrected chi connectivity index (χ0v) is 8.15. The summed E-state index contributed by atoms with van der Waals surface area (Å²) in [4.78, 5) is 0. The first kappa shape index (κ1) is 8.91. The van der Waals surface area contributed by atoms with E-state index in [1.807, 2.05) is 27.7 Å². The molecule has 0 spiro atoms. The standard InChI is InChI=1S/C10H16N2/c1-5-6(2)10(12)8(4)7(3)9(5)11/h11-12H2,1-4H3. The number of nitrogens with two attached hydrogens (primary N) is 2. The average Bonchev–Trinajstić information content (AvgIpc) is 2.08. The van der Waals surface area contributed by atoms with Crippen LogP contribution in [0.25, 0.3) is 0 Å². The molecular formula is C10H16N2. The molecule has 1 aromatic carbocycles. The Balaban J connectivity index is 3.60. The van der Waals surface area contributed by atoms with Crippen molar-refractivity contribution in [3.63, 3.8) is 0 Å². The highest BCUT2D eigenvalue weighted by molar-refractivity contribution is 5.69. The Morgan fingerprint density at radius 1 is 0.583 bits per heavy atom. The Hall–Kier alpha value is -1.18. The third-order valence-electron chi connectivity index (χ3n) is 2.74. The molecule has 1 aromatic rings. The Bertz CT molecular complexity index is 222. The minimum absolute atomic E-state index is 0.874. The lowest BCUT2D eigenvalue weighted by atomic mass is 9.97. The Morgan fingerprint density at radius 2 is 0.750 bits per heavy atom. The van der Waals surface area contributed by atoms with Crippen molar-refractivity contribution in [3.05, 3.63) is 22.3 Å². The maximum atomic E-state index is 5.90. The van der Waals surface area contributed by atoms with Gasteiger partial charge in [0.25, 0.3) is 0 Å². The molecule has 12 heavy (non-hydrogen) atoms. The molecule has 0 aliphatic heterocycles. The van der Waals surface area contributed by atoms with Crippen molar-refractivity contribution in [1.29, 1.82) is 0 Å². The maximum absolute atomic E-state index is 5.90. The first-order valence-electron chi connectivity index (χ1n) is 4.08. The van der Waals surface area contributed by atoms with Crippen molar-refractivity contribution in [2.24, 2.45) is 0 Å². The summed E-state index contributed by atoms with van der Waals surface area (Å²) in [5.41, 5.74) is 18.0. The van der Waals surface area contributed by atoms with Gasteiger partial charge < -0.3 is 11.5 Å². The monoisotopic (exact) mass is 164 g/mol. The SMILES string of the molecule is Cc1c(C)c(N)c(C)c(C)c1N. The molecule has 4 N–H and O–H groups in total. The Labute approximate surface area is 73.6 Å². The molecule has 0 amide bonds. The fourth-order valence-corrected chi connectivity index (χ4v) is 1.37. The number of hydrogen-bond donors (Lipinski definition) is 2. The topological polar surface area (TPSA) is 52.0 Å². The van der Waals surface area contributed by atoms with E-state index >= 15 is 0 Å². The largest absolute Gasteiger partial charge is 0.398 e. The highest BCUT2D eigenvalue weighted by Crippen LogP contribution is 2.29. The number of anilines is 2.